The van der Waals surface area contributed by atoms with E-state index in [0.29, 0.717) is 6.61 Å². The molecule has 0 aliphatic carbocycles. The summed E-state index contributed by atoms with van der Waals surface area (Å²) in [5.41, 5.74) is 5.95. The van der Waals surface area contributed by atoms with Crippen LogP contribution in [0.25, 0.3) is 0 Å². The van der Waals surface area contributed by atoms with Crippen molar-refractivity contribution in [3.05, 3.63) is 35.4 Å². The van der Waals surface area contributed by atoms with E-state index < -0.39 is 17.7 Å². The van der Waals surface area contributed by atoms with E-state index in [4.69, 9.17) is 10.5 Å². The lowest BCUT2D eigenvalue weighted by Crippen LogP contribution is -2.40. The first-order valence-electron chi connectivity index (χ1n) is 6.09. The predicted octanol–water partition coefficient (Wildman–Crippen LogP) is 3.42. The minimum atomic E-state index is -0.694. The summed E-state index contributed by atoms with van der Waals surface area (Å²) in [5.74, 6) is -0.996. The molecule has 1 aromatic carbocycles. The van der Waals surface area contributed by atoms with Crippen molar-refractivity contribution < 1.29 is 13.5 Å². The molecule has 0 saturated heterocycles. The van der Waals surface area contributed by atoms with E-state index in [0.717, 1.165) is 18.2 Å². The van der Waals surface area contributed by atoms with Crippen LogP contribution in [0.2, 0.25) is 0 Å². The second kappa shape index (κ2) is 5.76. The molecule has 18 heavy (non-hydrogen) atoms. The van der Waals surface area contributed by atoms with Crippen molar-refractivity contribution >= 4 is 0 Å². The highest BCUT2D eigenvalue weighted by Gasteiger charge is 2.33. The molecule has 2 N–H and O–H groups in total. The summed E-state index contributed by atoms with van der Waals surface area (Å²) in [7, 11) is 0. The van der Waals surface area contributed by atoms with Gasteiger partial charge in [0, 0.05) is 12.2 Å². The van der Waals surface area contributed by atoms with Crippen LogP contribution in [0.1, 0.15) is 39.3 Å². The summed E-state index contributed by atoms with van der Waals surface area (Å²) in [4.78, 5) is 0. The Morgan fingerprint density at radius 2 is 1.89 bits per heavy atom. The second-order valence-electron chi connectivity index (χ2n) is 5.43. The third kappa shape index (κ3) is 3.50. The Balaban J connectivity index is 3.09. The van der Waals surface area contributed by atoms with Crippen molar-refractivity contribution in [2.75, 3.05) is 6.61 Å². The summed E-state index contributed by atoms with van der Waals surface area (Å²) < 4.78 is 32.5. The Morgan fingerprint density at radius 1 is 1.28 bits per heavy atom. The maximum absolute atomic E-state index is 13.7. The van der Waals surface area contributed by atoms with E-state index in [-0.39, 0.29) is 17.1 Å². The Labute approximate surface area is 107 Å². The monoisotopic (exact) mass is 257 g/mol. The highest BCUT2D eigenvalue weighted by molar-refractivity contribution is 5.23. The Morgan fingerprint density at radius 3 is 2.39 bits per heavy atom. The van der Waals surface area contributed by atoms with Gasteiger partial charge < -0.3 is 10.5 Å². The van der Waals surface area contributed by atoms with E-state index in [1.807, 2.05) is 27.7 Å². The van der Waals surface area contributed by atoms with Gasteiger partial charge in [-0.25, -0.2) is 8.78 Å². The molecule has 2 unspecified atom stereocenters. The van der Waals surface area contributed by atoms with Gasteiger partial charge in [0.25, 0.3) is 0 Å². The lowest BCUT2D eigenvalue weighted by Gasteiger charge is -2.35. The fourth-order valence-corrected chi connectivity index (χ4v) is 2.01. The van der Waals surface area contributed by atoms with Crippen molar-refractivity contribution in [2.45, 2.75) is 39.8 Å². The maximum atomic E-state index is 13.7. The third-order valence-electron chi connectivity index (χ3n) is 2.84. The topological polar surface area (TPSA) is 35.2 Å². The summed E-state index contributed by atoms with van der Waals surface area (Å²) in [6, 6.07) is 2.62. The molecule has 2 nitrogen and oxygen atoms in total. The van der Waals surface area contributed by atoms with Crippen molar-refractivity contribution in [3.8, 4) is 0 Å². The van der Waals surface area contributed by atoms with Crippen LogP contribution in [0.15, 0.2) is 18.2 Å². The molecule has 0 aliphatic rings. The standard InChI is InChI=1S/C14H21F2NO/c1-5-18-13(14(2,3)4)12(17)10-8-9(15)6-7-11(10)16/h6-8,12-13H,5,17H2,1-4H3. The molecule has 0 fully saturated rings. The molecule has 1 aromatic rings. The van der Waals surface area contributed by atoms with E-state index in [1.54, 1.807) is 0 Å². The number of halogens is 2. The highest BCUT2D eigenvalue weighted by Crippen LogP contribution is 2.32. The van der Waals surface area contributed by atoms with Crippen LogP contribution in [-0.2, 0) is 4.74 Å². The Bertz CT molecular complexity index is 401. The number of hydrogen-bond donors (Lipinski definition) is 1. The van der Waals surface area contributed by atoms with Crippen LogP contribution in [-0.4, -0.2) is 12.7 Å². The molecule has 102 valence electrons. The van der Waals surface area contributed by atoms with E-state index in [2.05, 4.69) is 0 Å². The molecule has 0 spiro atoms. The molecule has 2 atom stereocenters. The minimum Gasteiger partial charge on any atom is -0.376 e. The van der Waals surface area contributed by atoms with Crippen molar-refractivity contribution in [1.29, 1.82) is 0 Å². The summed E-state index contributed by atoms with van der Waals surface area (Å²) in [6.45, 7) is 8.22. The van der Waals surface area contributed by atoms with Gasteiger partial charge in [0.2, 0.25) is 0 Å². The van der Waals surface area contributed by atoms with Gasteiger partial charge in [-0.1, -0.05) is 20.8 Å². The molecule has 4 heteroatoms. The molecule has 0 aliphatic heterocycles. The first-order chi connectivity index (χ1) is 8.27. The van der Waals surface area contributed by atoms with Crippen LogP contribution in [0, 0.1) is 17.0 Å². The fourth-order valence-electron chi connectivity index (χ4n) is 2.01. The van der Waals surface area contributed by atoms with Crippen molar-refractivity contribution in [3.63, 3.8) is 0 Å². The van der Waals surface area contributed by atoms with Gasteiger partial charge in [-0.15, -0.1) is 0 Å². The lowest BCUT2D eigenvalue weighted by molar-refractivity contribution is -0.0289. The largest absolute Gasteiger partial charge is 0.376 e. The summed E-state index contributed by atoms with van der Waals surface area (Å²) >= 11 is 0. The van der Waals surface area contributed by atoms with Crippen molar-refractivity contribution in [1.82, 2.24) is 0 Å². The molecule has 0 amide bonds. The third-order valence-corrected chi connectivity index (χ3v) is 2.84. The predicted molar refractivity (Wildman–Crippen MR) is 68.2 cm³/mol. The normalized spacial score (nSPS) is 15.5. The molecular weight excluding hydrogens is 236 g/mol. The van der Waals surface area contributed by atoms with Crippen LogP contribution < -0.4 is 5.73 Å². The van der Waals surface area contributed by atoms with Gasteiger partial charge >= 0.3 is 0 Å². The summed E-state index contributed by atoms with van der Waals surface area (Å²) in [5, 5.41) is 0. The average molecular weight is 257 g/mol. The first-order valence-corrected chi connectivity index (χ1v) is 6.09. The smallest absolute Gasteiger partial charge is 0.128 e. The van der Waals surface area contributed by atoms with Gasteiger partial charge in [0.15, 0.2) is 0 Å². The quantitative estimate of drug-likeness (QED) is 0.897. The van der Waals surface area contributed by atoms with E-state index in [1.165, 1.54) is 0 Å². The summed E-state index contributed by atoms with van der Waals surface area (Å²) in [6.07, 6.45) is -0.376. The average Bonchev–Trinajstić information content (AvgIpc) is 2.27. The SMILES string of the molecule is CCOC(C(N)c1cc(F)ccc1F)C(C)(C)C. The van der Waals surface area contributed by atoms with Crippen LogP contribution in [0.3, 0.4) is 0 Å². The number of rotatable bonds is 4. The van der Waals surface area contributed by atoms with Gasteiger partial charge in [-0.2, -0.15) is 0 Å². The lowest BCUT2D eigenvalue weighted by atomic mass is 9.82. The van der Waals surface area contributed by atoms with Gasteiger partial charge in [-0.3, -0.25) is 0 Å². The van der Waals surface area contributed by atoms with Crippen LogP contribution in [0.5, 0.6) is 0 Å². The zero-order valence-corrected chi connectivity index (χ0v) is 11.3. The second-order valence-corrected chi connectivity index (χ2v) is 5.43. The molecule has 0 bridgehead atoms. The maximum Gasteiger partial charge on any atom is 0.128 e. The number of benzene rings is 1. The first kappa shape index (κ1) is 15.1. The highest BCUT2D eigenvalue weighted by atomic mass is 19.1. The molecule has 0 heterocycles. The fraction of sp³-hybridized carbons (Fsp3) is 0.571. The van der Waals surface area contributed by atoms with Crippen LogP contribution in [0.4, 0.5) is 8.78 Å². The Kier molecular flexibility index (Phi) is 4.82. The van der Waals surface area contributed by atoms with Gasteiger partial charge in [-0.05, 0) is 30.5 Å². The number of nitrogens with two attached hydrogens (primary N) is 1. The number of hydrogen-bond acceptors (Lipinski definition) is 2. The molecular formula is C14H21F2NO. The Hall–Kier alpha value is -1.00. The van der Waals surface area contributed by atoms with E-state index >= 15 is 0 Å². The molecule has 0 aromatic heterocycles. The minimum absolute atomic E-state index is 0.156. The van der Waals surface area contributed by atoms with Crippen LogP contribution >= 0.6 is 0 Å². The molecule has 1 rings (SSSR count). The van der Waals surface area contributed by atoms with E-state index in [9.17, 15) is 8.78 Å². The molecule has 0 saturated carbocycles. The van der Waals surface area contributed by atoms with Gasteiger partial charge in [0.1, 0.15) is 11.6 Å². The zero-order valence-electron chi connectivity index (χ0n) is 11.3. The zero-order chi connectivity index (χ0) is 13.9. The van der Waals surface area contributed by atoms with Crippen molar-refractivity contribution in [2.24, 2.45) is 11.1 Å². The molecule has 0 radical (unpaired) electrons. The van der Waals surface area contributed by atoms with Gasteiger partial charge in [0.05, 0.1) is 12.1 Å². The number of ether oxygens (including phenoxy) is 1.